The van der Waals surface area contributed by atoms with Gasteiger partial charge in [-0.1, -0.05) is 30.3 Å². The average Bonchev–Trinajstić information content (AvgIpc) is 2.69. The highest BCUT2D eigenvalue weighted by atomic mass is 16.5. The minimum Gasteiger partial charge on any atom is -0.496 e. The normalized spacial score (nSPS) is 16.1. The second-order valence-corrected chi connectivity index (χ2v) is 6.74. The van der Waals surface area contributed by atoms with E-state index in [0.717, 1.165) is 23.4 Å². The zero-order chi connectivity index (χ0) is 18.4. The molecule has 0 atom stereocenters. The molecule has 26 heavy (non-hydrogen) atoms. The van der Waals surface area contributed by atoms with Gasteiger partial charge in [-0.2, -0.15) is 0 Å². The molecule has 0 bridgehead atoms. The highest BCUT2D eigenvalue weighted by Gasteiger charge is 2.38. The Morgan fingerprint density at radius 3 is 2.58 bits per heavy atom. The molecule has 3 rings (SSSR count). The van der Waals surface area contributed by atoms with Crippen LogP contribution in [0.5, 0.6) is 5.75 Å². The summed E-state index contributed by atoms with van der Waals surface area (Å²) in [5, 5.41) is 3.05. The van der Waals surface area contributed by atoms with Crippen molar-refractivity contribution in [3.05, 3.63) is 59.7 Å². The summed E-state index contributed by atoms with van der Waals surface area (Å²) in [6, 6.07) is 15.9. The second-order valence-electron chi connectivity index (χ2n) is 6.74. The quantitative estimate of drug-likeness (QED) is 0.836. The second kappa shape index (κ2) is 8.34. The smallest absolute Gasteiger partial charge is 0.232 e. The van der Waals surface area contributed by atoms with Crippen LogP contribution < -0.4 is 15.8 Å². The summed E-state index contributed by atoms with van der Waals surface area (Å²) in [4.78, 5) is 12.9. The van der Waals surface area contributed by atoms with E-state index in [4.69, 9.17) is 15.2 Å². The van der Waals surface area contributed by atoms with E-state index >= 15 is 0 Å². The Labute approximate surface area is 154 Å². The number of rotatable bonds is 6. The van der Waals surface area contributed by atoms with Crippen LogP contribution in [0.25, 0.3) is 0 Å². The monoisotopic (exact) mass is 354 g/mol. The molecule has 0 aromatic heterocycles. The predicted molar refractivity (Wildman–Crippen MR) is 102 cm³/mol. The molecular formula is C21H26N2O3. The SMILES string of the molecule is COc1ccc(NC(=O)C2(CN)CCOCC2)cc1Cc1ccccc1. The van der Waals surface area contributed by atoms with Crippen molar-refractivity contribution in [2.45, 2.75) is 19.3 Å². The van der Waals surface area contributed by atoms with Gasteiger partial charge in [0.15, 0.2) is 0 Å². The molecule has 1 heterocycles. The van der Waals surface area contributed by atoms with Crippen molar-refractivity contribution in [1.82, 2.24) is 0 Å². The number of benzene rings is 2. The van der Waals surface area contributed by atoms with Crippen molar-refractivity contribution >= 4 is 11.6 Å². The maximum absolute atomic E-state index is 12.9. The van der Waals surface area contributed by atoms with Crippen LogP contribution >= 0.6 is 0 Å². The first-order valence-electron chi connectivity index (χ1n) is 8.97. The third-order valence-electron chi connectivity index (χ3n) is 5.10. The zero-order valence-corrected chi connectivity index (χ0v) is 15.2. The van der Waals surface area contributed by atoms with Crippen molar-refractivity contribution in [2.24, 2.45) is 11.1 Å². The van der Waals surface area contributed by atoms with Crippen LogP contribution in [0.3, 0.4) is 0 Å². The van der Waals surface area contributed by atoms with Gasteiger partial charge in [0.1, 0.15) is 5.75 Å². The summed E-state index contributed by atoms with van der Waals surface area (Å²) in [7, 11) is 1.66. The summed E-state index contributed by atoms with van der Waals surface area (Å²) in [5.74, 6) is 0.783. The summed E-state index contributed by atoms with van der Waals surface area (Å²) in [5.41, 5.74) is 8.38. The van der Waals surface area contributed by atoms with Gasteiger partial charge in [-0.05, 0) is 36.6 Å². The minimum absolute atomic E-state index is 0.0286. The lowest BCUT2D eigenvalue weighted by molar-refractivity contribution is -0.130. The molecule has 1 aliphatic rings. The lowest BCUT2D eigenvalue weighted by Gasteiger charge is -2.34. The van der Waals surface area contributed by atoms with Gasteiger partial charge in [0.25, 0.3) is 0 Å². The number of ether oxygens (including phenoxy) is 2. The number of amides is 1. The number of anilines is 1. The van der Waals surface area contributed by atoms with Crippen molar-refractivity contribution in [1.29, 1.82) is 0 Å². The molecule has 1 amide bonds. The zero-order valence-electron chi connectivity index (χ0n) is 15.2. The van der Waals surface area contributed by atoms with Crippen molar-refractivity contribution in [2.75, 3.05) is 32.2 Å². The molecule has 1 saturated heterocycles. The van der Waals surface area contributed by atoms with E-state index < -0.39 is 5.41 Å². The van der Waals surface area contributed by atoms with Gasteiger partial charge in [0.05, 0.1) is 12.5 Å². The van der Waals surface area contributed by atoms with E-state index in [9.17, 15) is 4.79 Å². The van der Waals surface area contributed by atoms with Crippen LogP contribution in [0, 0.1) is 5.41 Å². The minimum atomic E-state index is -0.544. The molecule has 1 fully saturated rings. The molecule has 138 valence electrons. The Kier molecular flexibility index (Phi) is 5.91. The van der Waals surface area contributed by atoms with Crippen LogP contribution in [0.1, 0.15) is 24.0 Å². The summed E-state index contributed by atoms with van der Waals surface area (Å²) < 4.78 is 10.9. The number of nitrogens with two attached hydrogens (primary N) is 1. The van der Waals surface area contributed by atoms with Gasteiger partial charge in [-0.15, -0.1) is 0 Å². The number of hydrogen-bond donors (Lipinski definition) is 2. The number of carbonyl (C=O) groups excluding carboxylic acids is 1. The molecule has 0 spiro atoms. The molecule has 0 aliphatic carbocycles. The fraction of sp³-hybridized carbons (Fsp3) is 0.381. The highest BCUT2D eigenvalue weighted by molar-refractivity contribution is 5.95. The van der Waals surface area contributed by atoms with E-state index in [-0.39, 0.29) is 5.91 Å². The molecule has 0 radical (unpaired) electrons. The van der Waals surface area contributed by atoms with Crippen LogP contribution in [-0.2, 0) is 16.0 Å². The predicted octanol–water partition coefficient (Wildman–Crippen LogP) is 2.98. The highest BCUT2D eigenvalue weighted by Crippen LogP contribution is 2.32. The van der Waals surface area contributed by atoms with Crippen molar-refractivity contribution < 1.29 is 14.3 Å². The van der Waals surface area contributed by atoms with E-state index in [0.29, 0.717) is 32.6 Å². The largest absolute Gasteiger partial charge is 0.496 e. The number of nitrogens with one attached hydrogen (secondary N) is 1. The van der Waals surface area contributed by atoms with Gasteiger partial charge < -0.3 is 20.5 Å². The average molecular weight is 354 g/mol. The van der Waals surface area contributed by atoms with Gasteiger partial charge in [0, 0.05) is 37.4 Å². The van der Waals surface area contributed by atoms with Crippen LogP contribution in [0.2, 0.25) is 0 Å². The Hall–Kier alpha value is -2.37. The molecule has 3 N–H and O–H groups in total. The molecule has 1 aliphatic heterocycles. The number of methoxy groups -OCH3 is 1. The third-order valence-corrected chi connectivity index (χ3v) is 5.10. The summed E-state index contributed by atoms with van der Waals surface area (Å²) >= 11 is 0. The van der Waals surface area contributed by atoms with Crippen molar-refractivity contribution in [3.8, 4) is 5.75 Å². The Morgan fingerprint density at radius 2 is 1.92 bits per heavy atom. The van der Waals surface area contributed by atoms with Crippen LogP contribution in [0.4, 0.5) is 5.69 Å². The number of carbonyl (C=O) groups is 1. The van der Waals surface area contributed by atoms with E-state index in [1.54, 1.807) is 7.11 Å². The molecule has 2 aromatic carbocycles. The fourth-order valence-corrected chi connectivity index (χ4v) is 3.36. The summed E-state index contributed by atoms with van der Waals surface area (Å²) in [6.07, 6.45) is 2.05. The van der Waals surface area contributed by atoms with Crippen molar-refractivity contribution in [3.63, 3.8) is 0 Å². The molecular weight excluding hydrogens is 328 g/mol. The molecule has 2 aromatic rings. The third kappa shape index (κ3) is 4.06. The molecule has 5 nitrogen and oxygen atoms in total. The Morgan fingerprint density at radius 1 is 1.19 bits per heavy atom. The molecule has 5 heteroatoms. The Balaban J connectivity index is 1.79. The lowest BCUT2D eigenvalue weighted by atomic mass is 9.79. The van der Waals surface area contributed by atoms with Gasteiger partial charge in [0.2, 0.25) is 5.91 Å². The van der Waals surface area contributed by atoms with Crippen LogP contribution in [-0.4, -0.2) is 32.8 Å². The van der Waals surface area contributed by atoms with Gasteiger partial charge in [-0.3, -0.25) is 4.79 Å². The van der Waals surface area contributed by atoms with E-state index in [2.05, 4.69) is 17.4 Å². The summed E-state index contributed by atoms with van der Waals surface area (Å²) in [6.45, 7) is 1.48. The van der Waals surface area contributed by atoms with Crippen LogP contribution in [0.15, 0.2) is 48.5 Å². The number of hydrogen-bond acceptors (Lipinski definition) is 4. The lowest BCUT2D eigenvalue weighted by Crippen LogP contribution is -2.46. The van der Waals surface area contributed by atoms with Gasteiger partial charge in [-0.25, -0.2) is 0 Å². The first-order valence-corrected chi connectivity index (χ1v) is 8.97. The first kappa shape index (κ1) is 18.4. The standard InChI is InChI=1S/C21H26N2O3/c1-25-19-8-7-18(14-17(19)13-16-5-3-2-4-6-16)23-20(24)21(15-22)9-11-26-12-10-21/h2-8,14H,9-13,15,22H2,1H3,(H,23,24). The van der Waals surface area contributed by atoms with E-state index in [1.807, 2.05) is 36.4 Å². The topological polar surface area (TPSA) is 73.6 Å². The maximum atomic E-state index is 12.9. The Bertz CT molecular complexity index is 740. The molecule has 0 unspecified atom stereocenters. The maximum Gasteiger partial charge on any atom is 0.232 e. The fourth-order valence-electron chi connectivity index (χ4n) is 3.36. The molecule has 0 saturated carbocycles. The first-order chi connectivity index (χ1) is 12.7. The van der Waals surface area contributed by atoms with E-state index in [1.165, 1.54) is 5.56 Å². The van der Waals surface area contributed by atoms with Gasteiger partial charge >= 0.3 is 0 Å².